The third-order valence-corrected chi connectivity index (χ3v) is 6.73. The summed E-state index contributed by atoms with van der Waals surface area (Å²) >= 11 is 0. The maximum absolute atomic E-state index is 11.3. The first kappa shape index (κ1) is 32.3. The van der Waals surface area contributed by atoms with Crippen molar-refractivity contribution in [2.75, 3.05) is 13.2 Å². The first-order valence-electron chi connectivity index (χ1n) is 11.2. The molecular weight excluding hydrogens is 568 g/mol. The molecule has 0 spiro atoms. The maximum Gasteiger partial charge on any atom is 0.397 e. The Labute approximate surface area is 219 Å². The van der Waals surface area contributed by atoms with Gasteiger partial charge < -0.3 is 74.7 Å². The second-order valence-electron chi connectivity index (χ2n) is 8.87. The summed E-state index contributed by atoms with van der Waals surface area (Å²) in [7, 11) is -5.29. The summed E-state index contributed by atoms with van der Waals surface area (Å²) in [6, 6.07) is 0. The molecule has 11 N–H and O–H groups in total. The lowest BCUT2D eigenvalue weighted by Crippen LogP contribution is -2.67. The van der Waals surface area contributed by atoms with Crippen molar-refractivity contribution in [3.63, 3.8) is 0 Å². The predicted molar refractivity (Wildman–Crippen MR) is 112 cm³/mol. The summed E-state index contributed by atoms with van der Waals surface area (Å²) < 4.78 is 61.9. The number of aliphatic carboxylic acids is 1. The second kappa shape index (κ2) is 12.7. The molecule has 3 aliphatic rings. The molecule has 0 unspecified atom stereocenters. The average Bonchev–Trinajstić information content (AvgIpc) is 2.86. The molecule has 0 aromatic rings. The molecule has 15 atom stereocenters. The number of hydrogen-bond acceptors (Lipinski definition) is 18. The molecule has 0 amide bonds. The van der Waals surface area contributed by atoms with Crippen LogP contribution in [0.4, 0.5) is 0 Å². The number of aliphatic hydroxyl groups excluding tert-OH is 9. The van der Waals surface area contributed by atoms with Crippen LogP contribution in [-0.4, -0.2) is 175 Å². The molecule has 39 heavy (non-hydrogen) atoms. The SMILES string of the molecule is O=C(O)[C@H]1O[C@@H](O[C@H]2[C@@H](O)[C@@H](CO)O[C@@H](O[C@@H]3[C@@H](O)[C@H](O)O[C@H](CO)[C@@H]3OS(=O)(=O)O)[C@@H]2O)[C@H](O)[C@@H](O)[C@@H]1O. The summed E-state index contributed by atoms with van der Waals surface area (Å²) in [6.45, 7) is -2.01. The quantitative estimate of drug-likeness (QED) is 0.110. The Morgan fingerprint density at radius 1 is 0.667 bits per heavy atom. The highest BCUT2D eigenvalue weighted by atomic mass is 32.3. The summed E-state index contributed by atoms with van der Waals surface area (Å²) in [5, 5.41) is 100.0. The lowest BCUT2D eigenvalue weighted by Gasteiger charge is -2.47. The van der Waals surface area contributed by atoms with Crippen LogP contribution in [0.5, 0.6) is 0 Å². The number of carbonyl (C=O) groups is 1. The molecule has 20 nitrogen and oxygen atoms in total. The van der Waals surface area contributed by atoms with Crippen molar-refractivity contribution >= 4 is 16.4 Å². The Morgan fingerprint density at radius 2 is 1.23 bits per heavy atom. The van der Waals surface area contributed by atoms with Crippen molar-refractivity contribution in [3.05, 3.63) is 0 Å². The molecule has 3 heterocycles. The highest BCUT2D eigenvalue weighted by Gasteiger charge is 2.55. The molecule has 0 aliphatic carbocycles. The molecule has 0 radical (unpaired) electrons. The average molecular weight is 598 g/mol. The summed E-state index contributed by atoms with van der Waals surface area (Å²) in [6.07, 6.45) is -30.5. The number of hydrogen-bond donors (Lipinski definition) is 11. The van der Waals surface area contributed by atoms with E-state index in [1.807, 2.05) is 0 Å². The van der Waals surface area contributed by atoms with Crippen LogP contribution < -0.4 is 0 Å². The van der Waals surface area contributed by atoms with E-state index in [2.05, 4.69) is 4.18 Å². The van der Waals surface area contributed by atoms with E-state index < -0.39 is 122 Å². The molecule has 0 aromatic carbocycles. The van der Waals surface area contributed by atoms with Gasteiger partial charge in [-0.3, -0.25) is 4.55 Å². The van der Waals surface area contributed by atoms with Gasteiger partial charge in [-0.2, -0.15) is 8.42 Å². The zero-order valence-electron chi connectivity index (χ0n) is 19.6. The smallest absolute Gasteiger partial charge is 0.397 e. The Kier molecular flexibility index (Phi) is 10.6. The first-order chi connectivity index (χ1) is 18.1. The molecule has 3 aliphatic heterocycles. The molecule has 0 saturated carbocycles. The van der Waals surface area contributed by atoms with Crippen LogP contribution >= 0.6 is 0 Å². The van der Waals surface area contributed by atoms with Crippen molar-refractivity contribution in [1.82, 2.24) is 0 Å². The van der Waals surface area contributed by atoms with Gasteiger partial charge >= 0.3 is 16.4 Å². The minimum atomic E-state index is -5.29. The summed E-state index contributed by atoms with van der Waals surface area (Å²) in [5.74, 6) is -1.76. The monoisotopic (exact) mass is 598 g/mol. The molecule has 0 aromatic heterocycles. The third-order valence-electron chi connectivity index (χ3n) is 6.26. The fourth-order valence-corrected chi connectivity index (χ4v) is 4.78. The number of carboxylic acid groups (broad SMARTS) is 1. The fraction of sp³-hybridized carbons (Fsp3) is 0.944. The summed E-state index contributed by atoms with van der Waals surface area (Å²) in [4.78, 5) is 11.3. The normalized spacial score (nSPS) is 47.6. The van der Waals surface area contributed by atoms with E-state index in [0.717, 1.165) is 0 Å². The van der Waals surface area contributed by atoms with E-state index in [0.29, 0.717) is 0 Å². The van der Waals surface area contributed by atoms with Gasteiger partial charge in [0.05, 0.1) is 13.2 Å². The van der Waals surface area contributed by atoms with Gasteiger partial charge in [-0.25, -0.2) is 8.98 Å². The van der Waals surface area contributed by atoms with Crippen LogP contribution in [0.2, 0.25) is 0 Å². The molecule has 0 bridgehead atoms. The Bertz CT molecular complexity index is 934. The Hall–Kier alpha value is -1.22. The van der Waals surface area contributed by atoms with Crippen molar-refractivity contribution in [3.8, 4) is 0 Å². The third kappa shape index (κ3) is 6.99. The van der Waals surface area contributed by atoms with Gasteiger partial charge in [-0.05, 0) is 0 Å². The lowest BCUT2D eigenvalue weighted by atomic mass is 9.96. The van der Waals surface area contributed by atoms with E-state index in [1.165, 1.54) is 0 Å². The summed E-state index contributed by atoms with van der Waals surface area (Å²) in [5.41, 5.74) is 0. The van der Waals surface area contributed by atoms with Gasteiger partial charge in [-0.1, -0.05) is 0 Å². The fourth-order valence-electron chi connectivity index (χ4n) is 4.27. The lowest BCUT2D eigenvalue weighted by molar-refractivity contribution is -0.376. The van der Waals surface area contributed by atoms with E-state index in [1.54, 1.807) is 0 Å². The predicted octanol–water partition coefficient (Wildman–Crippen LogP) is -7.65. The van der Waals surface area contributed by atoms with Gasteiger partial charge in [0.15, 0.2) is 25.0 Å². The highest BCUT2D eigenvalue weighted by Crippen LogP contribution is 2.33. The van der Waals surface area contributed by atoms with Crippen LogP contribution in [-0.2, 0) is 43.1 Å². The first-order valence-corrected chi connectivity index (χ1v) is 12.6. The van der Waals surface area contributed by atoms with E-state index in [-0.39, 0.29) is 0 Å². The maximum atomic E-state index is 11.3. The van der Waals surface area contributed by atoms with Crippen LogP contribution in [0, 0.1) is 0 Å². The number of carboxylic acids is 1. The molecule has 228 valence electrons. The zero-order valence-corrected chi connectivity index (χ0v) is 20.4. The van der Waals surface area contributed by atoms with Crippen LogP contribution in [0.25, 0.3) is 0 Å². The number of rotatable bonds is 9. The molecule has 3 rings (SSSR count). The highest BCUT2D eigenvalue weighted by molar-refractivity contribution is 7.80. The molecule has 3 fully saturated rings. The van der Waals surface area contributed by atoms with Gasteiger partial charge in [0.25, 0.3) is 0 Å². The van der Waals surface area contributed by atoms with Crippen LogP contribution in [0.15, 0.2) is 0 Å². The van der Waals surface area contributed by atoms with Crippen molar-refractivity contribution in [2.45, 2.75) is 92.1 Å². The minimum absolute atomic E-state index is 0.982. The standard InChI is InChI=1S/C18H30O20S/c19-1-3-5(21)12(35-17-8(24)6(22)7(23)14(37-17)15(27)28)10(26)18(34-3)36-13-9(25)16(29)33-4(2-20)11(13)38-39(30,31)32/h3-14,16-26,29H,1-2H2,(H,27,28)(H,30,31,32)/t3-,4-,5+,6+,7+,8-,9-,10-,11+,12+,13-,14+,16-,17-,18+/m1/s1. The molecule has 3 saturated heterocycles. The van der Waals surface area contributed by atoms with Gasteiger partial charge in [-0.15, -0.1) is 0 Å². The molecule has 21 heteroatoms. The van der Waals surface area contributed by atoms with E-state index >= 15 is 0 Å². The van der Waals surface area contributed by atoms with Crippen molar-refractivity contribution < 1.29 is 96.7 Å². The van der Waals surface area contributed by atoms with E-state index in [9.17, 15) is 64.3 Å². The van der Waals surface area contributed by atoms with Gasteiger partial charge in [0.1, 0.15) is 67.1 Å². The molecular formula is C18H30O20S. The number of ether oxygens (including phenoxy) is 5. The van der Waals surface area contributed by atoms with Gasteiger partial charge in [0, 0.05) is 0 Å². The van der Waals surface area contributed by atoms with E-state index in [4.69, 9.17) is 28.2 Å². The van der Waals surface area contributed by atoms with Crippen LogP contribution in [0.1, 0.15) is 0 Å². The topological polar surface area (TPSA) is 329 Å². The van der Waals surface area contributed by atoms with Crippen LogP contribution in [0.3, 0.4) is 0 Å². The number of aliphatic hydroxyl groups is 9. The van der Waals surface area contributed by atoms with Crippen molar-refractivity contribution in [1.29, 1.82) is 0 Å². The minimum Gasteiger partial charge on any atom is -0.479 e. The van der Waals surface area contributed by atoms with Crippen molar-refractivity contribution in [2.24, 2.45) is 0 Å². The zero-order chi connectivity index (χ0) is 29.4. The van der Waals surface area contributed by atoms with Gasteiger partial charge in [0.2, 0.25) is 0 Å². The largest absolute Gasteiger partial charge is 0.479 e. The second-order valence-corrected chi connectivity index (χ2v) is 9.92. The Balaban J connectivity index is 1.87. The Morgan fingerprint density at radius 3 is 1.77 bits per heavy atom.